The van der Waals surface area contributed by atoms with Crippen LogP contribution in [0.15, 0.2) is 82.6 Å². The zero-order valence-corrected chi connectivity index (χ0v) is 18.3. The normalized spacial score (nSPS) is 12.2. The minimum absolute atomic E-state index is 0.00739. The summed E-state index contributed by atoms with van der Waals surface area (Å²) in [7, 11) is -3.65. The molecule has 0 aliphatic heterocycles. The third kappa shape index (κ3) is 5.71. The van der Waals surface area contributed by atoms with E-state index < -0.39 is 15.8 Å². The summed E-state index contributed by atoms with van der Waals surface area (Å²) in [5, 5.41) is 0. The zero-order chi connectivity index (χ0) is 22.4. The second-order valence-corrected chi connectivity index (χ2v) is 9.10. The van der Waals surface area contributed by atoms with Crippen LogP contribution in [-0.2, 0) is 21.0 Å². The Hall–Kier alpha value is -3.16. The first kappa shape index (κ1) is 22.5. The molecule has 0 saturated heterocycles. The molecule has 0 amide bonds. The van der Waals surface area contributed by atoms with Gasteiger partial charge in [-0.2, -0.15) is 0 Å². The Bertz CT molecular complexity index is 1140. The van der Waals surface area contributed by atoms with E-state index in [1.807, 2.05) is 6.92 Å². The molecule has 0 bridgehead atoms. The Morgan fingerprint density at radius 1 is 0.935 bits per heavy atom. The molecule has 6 nitrogen and oxygen atoms in total. The quantitative estimate of drug-likeness (QED) is 0.524. The van der Waals surface area contributed by atoms with Crippen molar-refractivity contribution in [1.82, 2.24) is 0 Å². The summed E-state index contributed by atoms with van der Waals surface area (Å²) in [6.07, 6.45) is 0.684. The first-order valence-corrected chi connectivity index (χ1v) is 11.4. The highest BCUT2D eigenvalue weighted by atomic mass is 32.2. The van der Waals surface area contributed by atoms with Crippen LogP contribution in [0, 0.1) is 0 Å². The number of carbonyl (C=O) groups excluding carboxylic acids is 1. The number of benzene rings is 3. The number of nitrogens with two attached hydrogens (primary N) is 1. The van der Waals surface area contributed by atoms with Gasteiger partial charge < -0.3 is 15.2 Å². The van der Waals surface area contributed by atoms with Crippen molar-refractivity contribution in [3.63, 3.8) is 0 Å². The Kier molecular flexibility index (Phi) is 7.09. The van der Waals surface area contributed by atoms with Crippen molar-refractivity contribution < 1.29 is 22.7 Å². The van der Waals surface area contributed by atoms with E-state index in [4.69, 9.17) is 15.2 Å². The summed E-state index contributed by atoms with van der Waals surface area (Å²) >= 11 is 0. The Morgan fingerprint density at radius 3 is 2.13 bits per heavy atom. The van der Waals surface area contributed by atoms with E-state index in [1.165, 1.54) is 12.1 Å². The third-order valence-electron chi connectivity index (χ3n) is 4.51. The maximum Gasteiger partial charge on any atom is 0.338 e. The fraction of sp³-hybridized carbons (Fsp3) is 0.208. The SMILES string of the molecule is CCOC(=O)c1cccc(Oc2ccc(S(=O)(=O)c3ccc(C[C@@H](C)N)cc3)cc2)c1. The monoisotopic (exact) mass is 439 g/mol. The van der Waals surface area contributed by atoms with Gasteiger partial charge in [-0.05, 0) is 80.4 Å². The number of sulfone groups is 1. The molecule has 3 aromatic rings. The van der Waals surface area contributed by atoms with Gasteiger partial charge in [0.05, 0.1) is 22.0 Å². The van der Waals surface area contributed by atoms with Gasteiger partial charge in [0.2, 0.25) is 9.84 Å². The van der Waals surface area contributed by atoms with Crippen LogP contribution in [0.3, 0.4) is 0 Å². The van der Waals surface area contributed by atoms with Crippen molar-refractivity contribution in [3.05, 3.63) is 83.9 Å². The van der Waals surface area contributed by atoms with Crippen molar-refractivity contribution in [2.24, 2.45) is 5.73 Å². The molecule has 3 rings (SSSR count). The van der Waals surface area contributed by atoms with Gasteiger partial charge in [0.15, 0.2) is 0 Å². The molecule has 7 heteroatoms. The van der Waals surface area contributed by atoms with Crippen LogP contribution in [0.1, 0.15) is 29.8 Å². The van der Waals surface area contributed by atoms with Crippen LogP contribution >= 0.6 is 0 Å². The van der Waals surface area contributed by atoms with Crippen molar-refractivity contribution in [2.75, 3.05) is 6.61 Å². The molecule has 0 unspecified atom stereocenters. The van der Waals surface area contributed by atoms with Crippen LogP contribution in [-0.4, -0.2) is 27.0 Å². The predicted octanol–water partition coefficient (Wildman–Crippen LogP) is 4.38. The molecule has 31 heavy (non-hydrogen) atoms. The summed E-state index contributed by atoms with van der Waals surface area (Å²) in [6.45, 7) is 3.93. The molecule has 0 aliphatic rings. The molecule has 3 aromatic carbocycles. The second kappa shape index (κ2) is 9.76. The molecule has 0 spiro atoms. The van der Waals surface area contributed by atoms with Crippen LogP contribution in [0.25, 0.3) is 0 Å². The summed E-state index contributed by atoms with van der Waals surface area (Å²) in [4.78, 5) is 12.2. The van der Waals surface area contributed by atoms with Gasteiger partial charge in [0.1, 0.15) is 11.5 Å². The number of rotatable bonds is 8. The average molecular weight is 440 g/mol. The molecule has 0 aromatic heterocycles. The minimum Gasteiger partial charge on any atom is -0.462 e. The summed E-state index contributed by atoms with van der Waals surface area (Å²) in [5.74, 6) is 0.472. The lowest BCUT2D eigenvalue weighted by Crippen LogP contribution is -2.17. The standard InChI is InChI=1S/C24H25NO5S/c1-3-29-24(26)19-5-4-6-21(16-19)30-20-9-13-23(14-10-20)31(27,28)22-11-7-18(8-12-22)15-17(2)25/h4-14,16-17H,3,15,25H2,1-2H3/t17-/m1/s1. The molecule has 1 atom stereocenters. The van der Waals surface area contributed by atoms with E-state index in [-0.39, 0.29) is 22.4 Å². The maximum atomic E-state index is 12.9. The molecule has 0 radical (unpaired) electrons. The Morgan fingerprint density at radius 2 is 1.55 bits per heavy atom. The van der Waals surface area contributed by atoms with Crippen LogP contribution in [0.5, 0.6) is 11.5 Å². The number of ether oxygens (including phenoxy) is 2. The van der Waals surface area contributed by atoms with Crippen molar-refractivity contribution in [2.45, 2.75) is 36.1 Å². The van der Waals surface area contributed by atoms with Gasteiger partial charge in [-0.25, -0.2) is 13.2 Å². The van der Waals surface area contributed by atoms with Crippen LogP contribution in [0.4, 0.5) is 0 Å². The fourth-order valence-corrected chi connectivity index (χ4v) is 4.30. The van der Waals surface area contributed by atoms with Crippen molar-refractivity contribution >= 4 is 15.8 Å². The minimum atomic E-state index is -3.65. The van der Waals surface area contributed by atoms with Gasteiger partial charge in [-0.1, -0.05) is 18.2 Å². The highest BCUT2D eigenvalue weighted by Crippen LogP contribution is 2.27. The predicted molar refractivity (Wildman–Crippen MR) is 118 cm³/mol. The topological polar surface area (TPSA) is 95.7 Å². The van der Waals surface area contributed by atoms with E-state index in [1.54, 1.807) is 67.6 Å². The van der Waals surface area contributed by atoms with Crippen LogP contribution < -0.4 is 10.5 Å². The van der Waals surface area contributed by atoms with Crippen molar-refractivity contribution in [1.29, 1.82) is 0 Å². The molecule has 0 fully saturated rings. The Labute approximate surface area is 182 Å². The summed E-state index contributed by atoms with van der Waals surface area (Å²) < 4.78 is 36.5. The largest absolute Gasteiger partial charge is 0.462 e. The molecule has 162 valence electrons. The highest BCUT2D eigenvalue weighted by Gasteiger charge is 2.18. The van der Waals surface area contributed by atoms with E-state index in [0.29, 0.717) is 23.5 Å². The lowest BCUT2D eigenvalue weighted by atomic mass is 10.1. The number of hydrogen-bond donors (Lipinski definition) is 1. The second-order valence-electron chi connectivity index (χ2n) is 7.15. The lowest BCUT2D eigenvalue weighted by molar-refractivity contribution is 0.0526. The molecule has 0 heterocycles. The number of carbonyl (C=O) groups is 1. The van der Waals surface area contributed by atoms with Gasteiger partial charge in [-0.3, -0.25) is 0 Å². The summed E-state index contributed by atoms with van der Waals surface area (Å²) in [5.41, 5.74) is 7.16. The first-order valence-electron chi connectivity index (χ1n) is 9.94. The van der Waals surface area contributed by atoms with E-state index in [0.717, 1.165) is 5.56 Å². The maximum absolute atomic E-state index is 12.9. The number of esters is 1. The van der Waals surface area contributed by atoms with Gasteiger partial charge in [0, 0.05) is 6.04 Å². The molecule has 0 aliphatic carbocycles. The molecule has 0 saturated carbocycles. The van der Waals surface area contributed by atoms with Gasteiger partial charge in [0.25, 0.3) is 0 Å². The highest BCUT2D eigenvalue weighted by molar-refractivity contribution is 7.91. The van der Waals surface area contributed by atoms with E-state index >= 15 is 0 Å². The van der Waals surface area contributed by atoms with E-state index in [2.05, 4.69) is 0 Å². The average Bonchev–Trinajstić information content (AvgIpc) is 2.74. The number of hydrogen-bond acceptors (Lipinski definition) is 6. The lowest BCUT2D eigenvalue weighted by Gasteiger charge is -2.10. The van der Waals surface area contributed by atoms with Gasteiger partial charge >= 0.3 is 5.97 Å². The van der Waals surface area contributed by atoms with Gasteiger partial charge in [-0.15, -0.1) is 0 Å². The van der Waals surface area contributed by atoms with Crippen LogP contribution in [0.2, 0.25) is 0 Å². The Balaban J connectivity index is 1.75. The smallest absolute Gasteiger partial charge is 0.338 e. The van der Waals surface area contributed by atoms with Crippen molar-refractivity contribution in [3.8, 4) is 11.5 Å². The third-order valence-corrected chi connectivity index (χ3v) is 6.29. The zero-order valence-electron chi connectivity index (χ0n) is 17.4. The molecule has 2 N–H and O–H groups in total. The van der Waals surface area contributed by atoms with E-state index in [9.17, 15) is 13.2 Å². The molecular formula is C24H25NO5S. The first-order chi connectivity index (χ1) is 14.8. The molecular weight excluding hydrogens is 414 g/mol. The fourth-order valence-electron chi connectivity index (χ4n) is 3.04. The summed E-state index contributed by atoms with van der Waals surface area (Å²) in [6, 6.07) is 19.5.